The van der Waals surface area contributed by atoms with Crippen molar-refractivity contribution >= 4 is 17.4 Å². The van der Waals surface area contributed by atoms with Crippen molar-refractivity contribution in [2.45, 2.75) is 0 Å². The van der Waals surface area contributed by atoms with E-state index >= 15 is 0 Å². The maximum Gasteiger partial charge on any atom is 0.251 e. The van der Waals surface area contributed by atoms with Gasteiger partial charge >= 0.3 is 0 Å². The lowest BCUT2D eigenvalue weighted by Gasteiger charge is -2.15. The zero-order valence-electron chi connectivity index (χ0n) is 17.7. The van der Waals surface area contributed by atoms with Gasteiger partial charge in [-0.3, -0.25) is 4.79 Å². The molecule has 0 spiro atoms. The SMILES string of the molecule is COc1cc(Nc2cc(C(=O)NCCOc3ccccc3)ccn2)cc(OC)c1OC. The average Bonchev–Trinajstić information content (AvgIpc) is 2.81. The lowest BCUT2D eigenvalue weighted by atomic mass is 10.2. The van der Waals surface area contributed by atoms with Crippen LogP contribution in [-0.4, -0.2) is 45.4 Å². The fraction of sp³-hybridized carbons (Fsp3) is 0.217. The molecule has 1 amide bonds. The van der Waals surface area contributed by atoms with Gasteiger partial charge in [-0.25, -0.2) is 4.98 Å². The van der Waals surface area contributed by atoms with Gasteiger partial charge in [0.15, 0.2) is 11.5 Å². The first-order chi connectivity index (χ1) is 15.1. The van der Waals surface area contributed by atoms with Gasteiger partial charge in [0.1, 0.15) is 18.2 Å². The van der Waals surface area contributed by atoms with Gasteiger partial charge in [-0.2, -0.15) is 0 Å². The predicted molar refractivity (Wildman–Crippen MR) is 118 cm³/mol. The first-order valence-electron chi connectivity index (χ1n) is 9.63. The second-order valence-corrected chi connectivity index (χ2v) is 6.39. The summed E-state index contributed by atoms with van der Waals surface area (Å²) in [6.07, 6.45) is 1.57. The number of amides is 1. The van der Waals surface area contributed by atoms with Crippen LogP contribution in [0.25, 0.3) is 0 Å². The van der Waals surface area contributed by atoms with Crippen molar-refractivity contribution in [2.75, 3.05) is 39.8 Å². The molecule has 3 rings (SSSR count). The Labute approximate surface area is 181 Å². The van der Waals surface area contributed by atoms with E-state index in [9.17, 15) is 4.79 Å². The molecular formula is C23H25N3O5. The van der Waals surface area contributed by atoms with E-state index in [0.717, 1.165) is 5.75 Å². The molecule has 0 saturated heterocycles. The van der Waals surface area contributed by atoms with Crippen LogP contribution in [-0.2, 0) is 0 Å². The normalized spacial score (nSPS) is 10.2. The van der Waals surface area contributed by atoms with Crippen LogP contribution in [0.3, 0.4) is 0 Å². The van der Waals surface area contributed by atoms with Gasteiger partial charge < -0.3 is 29.6 Å². The minimum absolute atomic E-state index is 0.216. The summed E-state index contributed by atoms with van der Waals surface area (Å²) >= 11 is 0. The first kappa shape index (κ1) is 21.8. The Hall–Kier alpha value is -3.94. The molecule has 0 unspecified atom stereocenters. The number of para-hydroxylation sites is 1. The molecule has 0 bridgehead atoms. The third-order valence-electron chi connectivity index (χ3n) is 4.36. The molecule has 0 atom stereocenters. The Morgan fingerprint density at radius 3 is 2.29 bits per heavy atom. The fourth-order valence-corrected chi connectivity index (χ4v) is 2.89. The smallest absolute Gasteiger partial charge is 0.251 e. The van der Waals surface area contributed by atoms with E-state index < -0.39 is 0 Å². The number of carbonyl (C=O) groups is 1. The number of hydrogen-bond acceptors (Lipinski definition) is 7. The Kier molecular flexibility index (Phi) is 7.53. The number of ether oxygens (including phenoxy) is 4. The van der Waals surface area contributed by atoms with Crippen LogP contribution in [0.4, 0.5) is 11.5 Å². The van der Waals surface area contributed by atoms with Gasteiger partial charge in [-0.15, -0.1) is 0 Å². The summed E-state index contributed by atoms with van der Waals surface area (Å²) in [6.45, 7) is 0.753. The Morgan fingerprint density at radius 2 is 1.65 bits per heavy atom. The van der Waals surface area contributed by atoms with Crippen molar-refractivity contribution in [3.63, 3.8) is 0 Å². The predicted octanol–water partition coefficient (Wildman–Crippen LogP) is 3.66. The van der Waals surface area contributed by atoms with Gasteiger partial charge in [-0.05, 0) is 24.3 Å². The van der Waals surface area contributed by atoms with E-state index in [0.29, 0.717) is 47.5 Å². The van der Waals surface area contributed by atoms with Gasteiger partial charge in [0, 0.05) is 29.6 Å². The number of carbonyl (C=O) groups excluding carboxylic acids is 1. The van der Waals surface area contributed by atoms with Crippen LogP contribution >= 0.6 is 0 Å². The monoisotopic (exact) mass is 423 g/mol. The summed E-state index contributed by atoms with van der Waals surface area (Å²) in [5, 5.41) is 5.99. The lowest BCUT2D eigenvalue weighted by molar-refractivity contribution is 0.0947. The highest BCUT2D eigenvalue weighted by molar-refractivity contribution is 5.94. The van der Waals surface area contributed by atoms with Crippen molar-refractivity contribution in [3.05, 3.63) is 66.4 Å². The third kappa shape index (κ3) is 5.79. The van der Waals surface area contributed by atoms with Gasteiger partial charge in [0.25, 0.3) is 5.91 Å². The lowest BCUT2D eigenvalue weighted by Crippen LogP contribution is -2.28. The summed E-state index contributed by atoms with van der Waals surface area (Å²) in [7, 11) is 4.64. The van der Waals surface area contributed by atoms with E-state index in [1.807, 2.05) is 30.3 Å². The number of aromatic nitrogens is 1. The van der Waals surface area contributed by atoms with E-state index in [1.165, 1.54) is 0 Å². The van der Waals surface area contributed by atoms with Crippen molar-refractivity contribution in [3.8, 4) is 23.0 Å². The molecule has 0 aliphatic rings. The van der Waals surface area contributed by atoms with Crippen LogP contribution < -0.4 is 29.6 Å². The van der Waals surface area contributed by atoms with Crippen molar-refractivity contribution in [1.82, 2.24) is 10.3 Å². The molecule has 3 aromatic rings. The van der Waals surface area contributed by atoms with Crippen LogP contribution in [0.5, 0.6) is 23.0 Å². The zero-order valence-corrected chi connectivity index (χ0v) is 17.7. The summed E-state index contributed by atoms with van der Waals surface area (Å²) in [6, 6.07) is 16.3. The third-order valence-corrected chi connectivity index (χ3v) is 4.36. The Bertz CT molecular complexity index is 986. The number of pyridine rings is 1. The molecule has 1 heterocycles. The summed E-state index contributed by atoms with van der Waals surface area (Å²) < 4.78 is 21.6. The number of methoxy groups -OCH3 is 3. The summed E-state index contributed by atoms with van der Waals surface area (Å²) in [5.41, 5.74) is 1.15. The first-order valence-corrected chi connectivity index (χ1v) is 9.63. The molecule has 1 aromatic heterocycles. The standard InChI is InChI=1S/C23H25N3O5/c1-28-19-14-17(15-20(29-2)22(19)30-3)26-21-13-16(9-10-24-21)23(27)25-11-12-31-18-7-5-4-6-8-18/h4-10,13-15H,11-12H2,1-3H3,(H,24,26)(H,25,27). The van der Waals surface area contributed by atoms with Gasteiger partial charge in [0.2, 0.25) is 5.75 Å². The molecule has 0 aliphatic heterocycles. The molecule has 0 aliphatic carbocycles. The van der Waals surface area contributed by atoms with Crippen molar-refractivity contribution in [2.24, 2.45) is 0 Å². The molecular weight excluding hydrogens is 398 g/mol. The topological polar surface area (TPSA) is 90.9 Å². The van der Waals surface area contributed by atoms with Crippen LogP contribution in [0.2, 0.25) is 0 Å². The number of nitrogens with zero attached hydrogens (tertiary/aromatic N) is 1. The van der Waals surface area contributed by atoms with E-state index in [1.54, 1.807) is 51.8 Å². The van der Waals surface area contributed by atoms with Crippen LogP contribution in [0.1, 0.15) is 10.4 Å². The average molecular weight is 423 g/mol. The largest absolute Gasteiger partial charge is 0.493 e. The van der Waals surface area contributed by atoms with E-state index in [2.05, 4.69) is 15.6 Å². The molecule has 0 radical (unpaired) electrons. The molecule has 2 N–H and O–H groups in total. The van der Waals surface area contributed by atoms with Gasteiger partial charge in [0.05, 0.1) is 27.9 Å². The molecule has 162 valence electrons. The molecule has 0 saturated carbocycles. The molecule has 0 fully saturated rings. The number of nitrogens with one attached hydrogen (secondary N) is 2. The minimum Gasteiger partial charge on any atom is -0.493 e. The second-order valence-electron chi connectivity index (χ2n) is 6.39. The number of rotatable bonds is 10. The maximum absolute atomic E-state index is 12.5. The highest BCUT2D eigenvalue weighted by Gasteiger charge is 2.14. The van der Waals surface area contributed by atoms with Crippen LogP contribution in [0, 0.1) is 0 Å². The maximum atomic E-state index is 12.5. The zero-order chi connectivity index (χ0) is 22.1. The highest BCUT2D eigenvalue weighted by atomic mass is 16.5. The molecule has 2 aromatic carbocycles. The van der Waals surface area contributed by atoms with E-state index in [4.69, 9.17) is 18.9 Å². The number of benzene rings is 2. The Morgan fingerprint density at radius 1 is 0.935 bits per heavy atom. The summed E-state index contributed by atoms with van der Waals surface area (Å²) in [4.78, 5) is 16.7. The van der Waals surface area contributed by atoms with Crippen molar-refractivity contribution < 1.29 is 23.7 Å². The second kappa shape index (κ2) is 10.7. The van der Waals surface area contributed by atoms with Crippen LogP contribution in [0.15, 0.2) is 60.8 Å². The van der Waals surface area contributed by atoms with Gasteiger partial charge in [-0.1, -0.05) is 18.2 Å². The number of anilines is 2. The Balaban J connectivity index is 1.62. The molecule has 31 heavy (non-hydrogen) atoms. The van der Waals surface area contributed by atoms with E-state index in [-0.39, 0.29) is 5.91 Å². The fourth-order valence-electron chi connectivity index (χ4n) is 2.89. The highest BCUT2D eigenvalue weighted by Crippen LogP contribution is 2.40. The summed E-state index contributed by atoms with van der Waals surface area (Å²) in [5.74, 6) is 2.56. The number of hydrogen-bond donors (Lipinski definition) is 2. The minimum atomic E-state index is -0.216. The quantitative estimate of drug-likeness (QED) is 0.481. The molecule has 8 nitrogen and oxygen atoms in total. The van der Waals surface area contributed by atoms with Crippen molar-refractivity contribution in [1.29, 1.82) is 0 Å². The molecule has 8 heteroatoms.